The van der Waals surface area contributed by atoms with Crippen LogP contribution in [0, 0.1) is 5.41 Å². The Bertz CT molecular complexity index is 365. The molecule has 1 heterocycles. The second-order valence-electron chi connectivity index (χ2n) is 4.66. The maximum Gasteiger partial charge on any atom is 0.233 e. The lowest BCUT2D eigenvalue weighted by atomic mass is 9.64. The van der Waals surface area contributed by atoms with Crippen LogP contribution >= 0.6 is 11.5 Å². The summed E-state index contributed by atoms with van der Waals surface area (Å²) in [6.07, 6.45) is 1.35. The molecule has 0 radical (unpaired) electrons. The van der Waals surface area contributed by atoms with Crippen LogP contribution in [0.5, 0.6) is 0 Å². The number of nitrogen functional groups attached to an aromatic ring is 1. The van der Waals surface area contributed by atoms with Crippen LogP contribution in [0.4, 0.5) is 11.1 Å². The average Bonchev–Trinajstić information content (AvgIpc) is 2.63. The molecule has 2 unspecified atom stereocenters. The van der Waals surface area contributed by atoms with Crippen molar-refractivity contribution in [3.63, 3.8) is 0 Å². The Hall–Kier alpha value is -0.880. The topological polar surface area (TPSA) is 73.1 Å². The summed E-state index contributed by atoms with van der Waals surface area (Å²) in [6, 6.07) is 0.386. The van der Waals surface area contributed by atoms with Crippen molar-refractivity contribution in [1.82, 2.24) is 9.36 Å². The van der Waals surface area contributed by atoms with E-state index in [2.05, 4.69) is 28.5 Å². The van der Waals surface area contributed by atoms with Crippen LogP contribution in [0.3, 0.4) is 0 Å². The van der Waals surface area contributed by atoms with E-state index < -0.39 is 0 Å². The molecule has 2 rings (SSSR count). The fourth-order valence-corrected chi connectivity index (χ4v) is 2.61. The lowest BCUT2D eigenvalue weighted by molar-refractivity contribution is -0.0975. The van der Waals surface area contributed by atoms with E-state index in [1.807, 2.05) is 6.92 Å². The largest absolute Gasteiger partial charge is 0.378 e. The number of hydrogen-bond donors (Lipinski definition) is 2. The average molecular weight is 242 g/mol. The first-order valence-electron chi connectivity index (χ1n) is 5.51. The summed E-state index contributed by atoms with van der Waals surface area (Å²) >= 11 is 1.30. The van der Waals surface area contributed by atoms with E-state index in [9.17, 15) is 0 Å². The summed E-state index contributed by atoms with van der Waals surface area (Å²) in [5.74, 6) is 0.339. The van der Waals surface area contributed by atoms with Crippen LogP contribution < -0.4 is 11.1 Å². The summed E-state index contributed by atoms with van der Waals surface area (Å²) in [7, 11) is 0. The van der Waals surface area contributed by atoms with Crippen molar-refractivity contribution in [2.45, 2.75) is 39.3 Å². The van der Waals surface area contributed by atoms with E-state index in [1.165, 1.54) is 11.5 Å². The van der Waals surface area contributed by atoms with E-state index in [4.69, 9.17) is 10.5 Å². The Morgan fingerprint density at radius 3 is 2.88 bits per heavy atom. The molecule has 0 saturated heterocycles. The van der Waals surface area contributed by atoms with Crippen molar-refractivity contribution in [1.29, 1.82) is 0 Å². The van der Waals surface area contributed by atoms with Gasteiger partial charge in [0, 0.05) is 29.6 Å². The lowest BCUT2D eigenvalue weighted by Gasteiger charge is -2.51. The van der Waals surface area contributed by atoms with E-state index in [0.717, 1.165) is 18.2 Å². The van der Waals surface area contributed by atoms with Gasteiger partial charge in [0.2, 0.25) is 11.1 Å². The monoisotopic (exact) mass is 242 g/mol. The summed E-state index contributed by atoms with van der Waals surface area (Å²) in [5, 5.41) is 4.16. The van der Waals surface area contributed by atoms with E-state index in [1.54, 1.807) is 0 Å². The second-order valence-corrected chi connectivity index (χ2v) is 5.41. The molecule has 16 heavy (non-hydrogen) atoms. The molecule has 1 aliphatic carbocycles. The molecule has 0 bridgehead atoms. The summed E-state index contributed by atoms with van der Waals surface area (Å²) < 4.78 is 9.61. The summed E-state index contributed by atoms with van der Waals surface area (Å²) in [6.45, 7) is 7.21. The minimum atomic E-state index is 0.135. The van der Waals surface area contributed by atoms with Gasteiger partial charge < -0.3 is 15.8 Å². The van der Waals surface area contributed by atoms with Crippen LogP contribution in [-0.4, -0.2) is 28.1 Å². The van der Waals surface area contributed by atoms with Gasteiger partial charge in [0.1, 0.15) is 0 Å². The number of nitrogens with one attached hydrogen (secondary N) is 1. The Morgan fingerprint density at radius 2 is 2.38 bits per heavy atom. The molecule has 0 aliphatic heterocycles. The van der Waals surface area contributed by atoms with Crippen molar-refractivity contribution in [2.75, 3.05) is 17.7 Å². The summed E-state index contributed by atoms with van der Waals surface area (Å²) in [5.41, 5.74) is 5.62. The van der Waals surface area contributed by atoms with Gasteiger partial charge in [0.25, 0.3) is 0 Å². The van der Waals surface area contributed by atoms with E-state index in [-0.39, 0.29) is 5.41 Å². The molecule has 2 atom stereocenters. The molecular weight excluding hydrogens is 224 g/mol. The first-order valence-corrected chi connectivity index (χ1v) is 6.28. The van der Waals surface area contributed by atoms with Crippen molar-refractivity contribution in [3.05, 3.63) is 0 Å². The zero-order chi connectivity index (χ0) is 11.8. The normalized spacial score (nSPS) is 27.4. The third-order valence-electron chi connectivity index (χ3n) is 3.29. The molecule has 1 aliphatic rings. The Kier molecular flexibility index (Phi) is 3.03. The molecule has 0 aromatic carbocycles. The summed E-state index contributed by atoms with van der Waals surface area (Å²) in [4.78, 5) is 4.10. The highest BCUT2D eigenvalue weighted by molar-refractivity contribution is 7.09. The lowest BCUT2D eigenvalue weighted by Crippen LogP contribution is -2.58. The predicted molar refractivity (Wildman–Crippen MR) is 65.5 cm³/mol. The number of hydrogen-bond acceptors (Lipinski definition) is 6. The van der Waals surface area contributed by atoms with Crippen molar-refractivity contribution in [3.8, 4) is 0 Å². The minimum absolute atomic E-state index is 0.135. The molecule has 0 amide bonds. The molecule has 1 fully saturated rings. The predicted octanol–water partition coefficient (Wildman–Crippen LogP) is 1.74. The molecule has 5 nitrogen and oxygen atoms in total. The van der Waals surface area contributed by atoms with Gasteiger partial charge in [-0.05, 0) is 13.3 Å². The van der Waals surface area contributed by atoms with Crippen molar-refractivity contribution >= 4 is 22.6 Å². The minimum Gasteiger partial charge on any atom is -0.378 e. The molecule has 1 aromatic rings. The quantitative estimate of drug-likeness (QED) is 0.841. The van der Waals surface area contributed by atoms with Gasteiger partial charge in [-0.2, -0.15) is 9.36 Å². The SMILES string of the molecule is CCOC1CC(Nc2nc(N)ns2)C1(C)C. The second kappa shape index (κ2) is 4.18. The van der Waals surface area contributed by atoms with Crippen LogP contribution in [-0.2, 0) is 4.74 Å². The van der Waals surface area contributed by atoms with Gasteiger partial charge in [-0.25, -0.2) is 0 Å². The van der Waals surface area contributed by atoms with Gasteiger partial charge in [0.05, 0.1) is 6.10 Å². The highest BCUT2D eigenvalue weighted by Gasteiger charge is 2.49. The highest BCUT2D eigenvalue weighted by Crippen LogP contribution is 2.44. The van der Waals surface area contributed by atoms with E-state index >= 15 is 0 Å². The molecule has 1 saturated carbocycles. The molecule has 0 spiro atoms. The molecule has 1 aromatic heterocycles. The van der Waals surface area contributed by atoms with Gasteiger partial charge >= 0.3 is 0 Å². The molecule has 3 N–H and O–H groups in total. The van der Waals surface area contributed by atoms with Gasteiger partial charge in [-0.1, -0.05) is 13.8 Å². The standard InChI is InChI=1S/C10H18N4OS/c1-4-15-7-5-6(10(7,2)3)12-9-13-8(11)14-16-9/h6-7H,4-5H2,1-3H3,(H3,11,12,13,14). The fraction of sp³-hybridized carbons (Fsp3) is 0.800. The third-order valence-corrected chi connectivity index (χ3v) is 3.95. The Balaban J connectivity index is 1.94. The number of nitrogens with two attached hydrogens (primary N) is 1. The fourth-order valence-electron chi connectivity index (χ4n) is 2.06. The van der Waals surface area contributed by atoms with Crippen LogP contribution in [0.25, 0.3) is 0 Å². The molecular formula is C10H18N4OS. The van der Waals surface area contributed by atoms with Crippen molar-refractivity contribution in [2.24, 2.45) is 5.41 Å². The van der Waals surface area contributed by atoms with Crippen LogP contribution in [0.15, 0.2) is 0 Å². The van der Waals surface area contributed by atoms with E-state index in [0.29, 0.717) is 18.1 Å². The van der Waals surface area contributed by atoms with Crippen LogP contribution in [0.1, 0.15) is 27.2 Å². The third kappa shape index (κ3) is 1.99. The van der Waals surface area contributed by atoms with Gasteiger partial charge in [0.15, 0.2) is 0 Å². The maximum atomic E-state index is 5.67. The maximum absolute atomic E-state index is 5.67. The first kappa shape index (κ1) is 11.6. The smallest absolute Gasteiger partial charge is 0.233 e. The van der Waals surface area contributed by atoms with Crippen molar-refractivity contribution < 1.29 is 4.74 Å². The number of ether oxygens (including phenoxy) is 1. The Morgan fingerprint density at radius 1 is 1.62 bits per heavy atom. The first-order chi connectivity index (χ1) is 7.54. The zero-order valence-electron chi connectivity index (χ0n) is 9.86. The number of aromatic nitrogens is 2. The Labute approximate surface area is 99.6 Å². The number of rotatable bonds is 4. The molecule has 6 heteroatoms. The highest BCUT2D eigenvalue weighted by atomic mass is 32.1. The number of nitrogens with zero attached hydrogens (tertiary/aromatic N) is 2. The van der Waals surface area contributed by atoms with Gasteiger partial charge in [-0.3, -0.25) is 0 Å². The number of anilines is 2. The van der Waals surface area contributed by atoms with Gasteiger partial charge in [-0.15, -0.1) is 0 Å². The molecule has 90 valence electrons. The zero-order valence-corrected chi connectivity index (χ0v) is 10.7. The van der Waals surface area contributed by atoms with Crippen LogP contribution in [0.2, 0.25) is 0 Å².